The van der Waals surface area contributed by atoms with Gasteiger partial charge in [0.1, 0.15) is 40.2 Å². The van der Waals surface area contributed by atoms with Gasteiger partial charge in [-0.25, -0.2) is 0 Å². The van der Waals surface area contributed by atoms with Crippen LogP contribution >= 0.6 is 0 Å². The van der Waals surface area contributed by atoms with Crippen molar-refractivity contribution in [1.29, 1.82) is 0 Å². The molecule has 0 aliphatic heterocycles. The van der Waals surface area contributed by atoms with E-state index in [1.807, 2.05) is 58.9 Å². The van der Waals surface area contributed by atoms with Crippen LogP contribution in [-0.2, 0) is 19.8 Å². The maximum Gasteiger partial charge on any atom is 0.316 e. The van der Waals surface area contributed by atoms with Crippen LogP contribution in [0.4, 0.5) is 0 Å². The SMILES string of the molecule is CCC(C)(C)C(=O)Oc1cc(O)cc(O)c1.CCC(C)(C)C(=O)Oc1ccc(O)c(O)c1.CCC(C)(C)C(=O)Oc1ccc(O)cc1.CCC(C)(C)c1ccc(O)c2ccccc12. The molecule has 5 aromatic carbocycles. The Morgan fingerprint density at radius 2 is 0.825 bits per heavy atom. The Labute approximate surface area is 371 Å². The van der Waals surface area contributed by atoms with Gasteiger partial charge < -0.3 is 44.8 Å². The molecule has 0 amide bonds. The van der Waals surface area contributed by atoms with E-state index in [1.165, 1.54) is 54.1 Å². The quantitative estimate of drug-likeness (QED) is 0.0417. The van der Waals surface area contributed by atoms with Gasteiger partial charge in [0, 0.05) is 29.7 Å². The lowest BCUT2D eigenvalue weighted by Crippen LogP contribution is -2.28. The molecule has 0 spiro atoms. The van der Waals surface area contributed by atoms with E-state index >= 15 is 0 Å². The molecule has 12 nitrogen and oxygen atoms in total. The van der Waals surface area contributed by atoms with Gasteiger partial charge in [-0.15, -0.1) is 0 Å². The molecule has 0 aliphatic rings. The van der Waals surface area contributed by atoms with Gasteiger partial charge in [-0.2, -0.15) is 0 Å². The maximum atomic E-state index is 11.7. The minimum atomic E-state index is -0.582. The molecule has 0 bridgehead atoms. The molecule has 0 saturated carbocycles. The van der Waals surface area contributed by atoms with Crippen molar-refractivity contribution in [2.45, 2.75) is 114 Å². The Balaban J connectivity index is 0.000000289. The molecule has 0 aromatic heterocycles. The first kappa shape index (κ1) is 52.7. The first-order valence-electron chi connectivity index (χ1n) is 21.0. The summed E-state index contributed by atoms with van der Waals surface area (Å²) in [7, 11) is 0. The van der Waals surface area contributed by atoms with Crippen LogP contribution in [-0.4, -0.2) is 48.5 Å². The van der Waals surface area contributed by atoms with E-state index in [-0.39, 0.29) is 63.6 Å². The highest BCUT2D eigenvalue weighted by atomic mass is 16.5. The summed E-state index contributed by atoms with van der Waals surface area (Å²) in [6.45, 7) is 23.2. The van der Waals surface area contributed by atoms with E-state index in [4.69, 9.17) is 24.4 Å². The van der Waals surface area contributed by atoms with Gasteiger partial charge in [0.2, 0.25) is 0 Å². The maximum absolute atomic E-state index is 11.7. The summed E-state index contributed by atoms with van der Waals surface area (Å²) < 4.78 is 15.3. The molecular weight excluding hydrogens is 805 g/mol. The Bertz CT molecular complexity index is 2270. The highest BCUT2D eigenvalue weighted by Crippen LogP contribution is 2.37. The Hall–Kier alpha value is -6.43. The summed E-state index contributed by atoms with van der Waals surface area (Å²) in [5, 5.41) is 57.8. The number of carbonyl (C=O) groups excluding carboxylic acids is 3. The number of esters is 3. The lowest BCUT2D eigenvalue weighted by atomic mass is 9.79. The number of hydrogen-bond acceptors (Lipinski definition) is 12. The van der Waals surface area contributed by atoms with Gasteiger partial charge in [0.25, 0.3) is 0 Å². The Kier molecular flexibility index (Phi) is 18.9. The normalized spacial score (nSPS) is 11.4. The fraction of sp³-hybridized carbons (Fsp3) is 0.392. The molecule has 5 aromatic rings. The zero-order chi connectivity index (χ0) is 47.9. The molecular formula is C51H66O12. The average Bonchev–Trinajstić information content (AvgIpc) is 3.23. The summed E-state index contributed by atoms with van der Waals surface area (Å²) in [6.07, 6.45) is 3.12. The van der Waals surface area contributed by atoms with Gasteiger partial charge in [-0.05, 0) is 126 Å². The predicted molar refractivity (Wildman–Crippen MR) is 246 cm³/mol. The van der Waals surface area contributed by atoms with Crippen LogP contribution in [0.25, 0.3) is 10.8 Å². The van der Waals surface area contributed by atoms with Gasteiger partial charge in [0.15, 0.2) is 11.5 Å². The number of phenolic OH excluding ortho intramolecular Hbond substituents is 6. The van der Waals surface area contributed by atoms with Crippen LogP contribution in [0, 0.1) is 16.2 Å². The number of hydrogen-bond donors (Lipinski definition) is 6. The molecule has 0 unspecified atom stereocenters. The van der Waals surface area contributed by atoms with Gasteiger partial charge in [0.05, 0.1) is 16.2 Å². The zero-order valence-corrected chi connectivity index (χ0v) is 38.7. The number of phenols is 6. The van der Waals surface area contributed by atoms with E-state index in [1.54, 1.807) is 45.9 Å². The third-order valence-electron chi connectivity index (χ3n) is 11.1. The summed E-state index contributed by atoms with van der Waals surface area (Å²) in [5.74, 6) is -0.486. The van der Waals surface area contributed by atoms with E-state index in [0.717, 1.165) is 23.6 Å². The molecule has 12 heteroatoms. The number of fused-ring (bicyclic) bond motifs is 1. The van der Waals surface area contributed by atoms with Crippen LogP contribution in [0.1, 0.15) is 114 Å². The van der Waals surface area contributed by atoms with Crippen molar-refractivity contribution >= 4 is 28.7 Å². The Morgan fingerprint density at radius 3 is 1.27 bits per heavy atom. The standard InChI is InChI=1S/C15H18O.2C12H16O4.C12H16O3/c1-4-15(2,3)13-9-10-14(16)12-8-6-5-7-11(12)13;1-4-12(2,3)11(15)16-10-6-8(13)5-9(14)7-10;1-4-12(2,3)11(15)16-8-5-6-9(13)10(14)7-8;1-4-12(2,3)11(14)15-10-7-5-9(13)6-8-10/h5-10,16H,4H2,1-3H3;2*5-7,13-14H,4H2,1-3H3;5-8,13H,4H2,1-3H3. The van der Waals surface area contributed by atoms with E-state index in [9.17, 15) is 34.8 Å². The largest absolute Gasteiger partial charge is 0.508 e. The lowest BCUT2D eigenvalue weighted by Gasteiger charge is -2.25. The van der Waals surface area contributed by atoms with Crippen molar-refractivity contribution in [2.24, 2.45) is 16.2 Å². The molecule has 342 valence electrons. The van der Waals surface area contributed by atoms with Gasteiger partial charge >= 0.3 is 17.9 Å². The number of aromatic hydroxyl groups is 6. The van der Waals surface area contributed by atoms with E-state index in [2.05, 4.69) is 26.8 Å². The zero-order valence-electron chi connectivity index (χ0n) is 38.7. The molecule has 5 rings (SSSR count). The van der Waals surface area contributed by atoms with Crippen molar-refractivity contribution in [1.82, 2.24) is 0 Å². The number of carbonyl (C=O) groups is 3. The van der Waals surface area contributed by atoms with Crippen LogP contribution in [0.3, 0.4) is 0 Å². The van der Waals surface area contributed by atoms with Crippen molar-refractivity contribution in [3.05, 3.63) is 103 Å². The molecule has 0 heterocycles. The highest BCUT2D eigenvalue weighted by Gasteiger charge is 2.29. The summed E-state index contributed by atoms with van der Waals surface area (Å²) in [4.78, 5) is 35.1. The minimum Gasteiger partial charge on any atom is -0.508 e. The number of ether oxygens (including phenoxy) is 3. The predicted octanol–water partition coefficient (Wildman–Crippen LogP) is 11.8. The molecule has 0 fully saturated rings. The van der Waals surface area contributed by atoms with E-state index < -0.39 is 16.2 Å². The van der Waals surface area contributed by atoms with Gasteiger partial charge in [-0.3, -0.25) is 14.4 Å². The summed E-state index contributed by atoms with van der Waals surface area (Å²) in [5.41, 5.74) is -0.164. The van der Waals surface area contributed by atoms with Gasteiger partial charge in [-0.1, -0.05) is 71.9 Å². The molecule has 0 radical (unpaired) electrons. The second kappa shape index (κ2) is 22.6. The monoisotopic (exact) mass is 870 g/mol. The van der Waals surface area contributed by atoms with Crippen molar-refractivity contribution in [2.75, 3.05) is 0 Å². The smallest absolute Gasteiger partial charge is 0.316 e. The van der Waals surface area contributed by atoms with E-state index in [0.29, 0.717) is 24.3 Å². The fourth-order valence-corrected chi connectivity index (χ4v) is 4.94. The first-order chi connectivity index (χ1) is 29.2. The second-order valence-electron chi connectivity index (χ2n) is 17.6. The van der Waals surface area contributed by atoms with Crippen LogP contribution < -0.4 is 14.2 Å². The van der Waals surface area contributed by atoms with Crippen molar-refractivity contribution in [3.63, 3.8) is 0 Å². The fourth-order valence-electron chi connectivity index (χ4n) is 4.94. The third kappa shape index (κ3) is 15.8. The highest BCUT2D eigenvalue weighted by molar-refractivity contribution is 5.91. The summed E-state index contributed by atoms with van der Waals surface area (Å²) >= 11 is 0. The molecule has 0 saturated heterocycles. The molecule has 0 aliphatic carbocycles. The molecule has 6 N–H and O–H groups in total. The number of rotatable bonds is 11. The topological polar surface area (TPSA) is 200 Å². The van der Waals surface area contributed by atoms with Crippen LogP contribution in [0.15, 0.2) is 97.1 Å². The van der Waals surface area contributed by atoms with Crippen molar-refractivity contribution < 1.29 is 59.2 Å². The summed E-state index contributed by atoms with van der Waals surface area (Å²) in [6, 6.07) is 25.6. The van der Waals surface area contributed by atoms with Crippen LogP contribution in [0.5, 0.6) is 51.7 Å². The van der Waals surface area contributed by atoms with Crippen molar-refractivity contribution in [3.8, 4) is 51.7 Å². The first-order valence-corrected chi connectivity index (χ1v) is 21.0. The molecule has 0 atom stereocenters. The Morgan fingerprint density at radius 1 is 0.413 bits per heavy atom. The number of benzene rings is 5. The molecule has 63 heavy (non-hydrogen) atoms. The van der Waals surface area contributed by atoms with Crippen LogP contribution in [0.2, 0.25) is 0 Å². The third-order valence-corrected chi connectivity index (χ3v) is 11.1. The second-order valence-corrected chi connectivity index (χ2v) is 17.6. The average molecular weight is 871 g/mol. The lowest BCUT2D eigenvalue weighted by molar-refractivity contribution is -0.144. The minimum absolute atomic E-state index is 0.142.